The van der Waals surface area contributed by atoms with Crippen molar-refractivity contribution in [3.8, 4) is 11.5 Å². The van der Waals surface area contributed by atoms with Crippen LogP contribution in [0.3, 0.4) is 0 Å². The predicted octanol–water partition coefficient (Wildman–Crippen LogP) is 4.74. The Morgan fingerprint density at radius 2 is 1.92 bits per heavy atom. The van der Waals surface area contributed by atoms with Gasteiger partial charge in [-0.15, -0.1) is 10.2 Å². The van der Waals surface area contributed by atoms with E-state index in [4.69, 9.17) is 8.83 Å². The smallest absolute Gasteiger partial charge is 0.277 e. The first-order valence-corrected chi connectivity index (χ1v) is 8.67. The van der Waals surface area contributed by atoms with Crippen molar-refractivity contribution in [3.63, 3.8) is 0 Å². The molecule has 0 aliphatic rings. The number of furan rings is 1. The van der Waals surface area contributed by atoms with Gasteiger partial charge in [-0.05, 0) is 24.5 Å². The number of Topliss-reactive ketones (excluding diaryl/α,β-unsaturated/α-hetero) is 1. The van der Waals surface area contributed by atoms with E-state index in [0.717, 1.165) is 11.3 Å². The van der Waals surface area contributed by atoms with Crippen molar-refractivity contribution in [2.24, 2.45) is 0 Å². The fourth-order valence-corrected chi connectivity index (χ4v) is 2.91. The van der Waals surface area contributed by atoms with Crippen LogP contribution in [0.4, 0.5) is 0 Å². The normalized spacial score (nSPS) is 11.2. The summed E-state index contributed by atoms with van der Waals surface area (Å²) >= 11 is 1.24. The van der Waals surface area contributed by atoms with Gasteiger partial charge in [0.25, 0.3) is 11.1 Å². The molecule has 1 aromatic carbocycles. The average Bonchev–Trinajstić information content (AvgIpc) is 3.21. The molecule has 0 saturated carbocycles. The van der Waals surface area contributed by atoms with Crippen molar-refractivity contribution in [3.05, 3.63) is 53.5 Å². The van der Waals surface area contributed by atoms with Crippen molar-refractivity contribution < 1.29 is 13.6 Å². The molecular weight excluding hydrogens is 324 g/mol. The van der Waals surface area contributed by atoms with Crippen LogP contribution in [0.1, 0.15) is 41.4 Å². The van der Waals surface area contributed by atoms with Crippen molar-refractivity contribution >= 4 is 17.5 Å². The Kier molecular flexibility index (Phi) is 4.85. The highest BCUT2D eigenvalue weighted by Gasteiger charge is 2.15. The van der Waals surface area contributed by atoms with Crippen molar-refractivity contribution in [1.29, 1.82) is 0 Å². The minimum Gasteiger partial charge on any atom is -0.469 e. The molecule has 0 radical (unpaired) electrons. The summed E-state index contributed by atoms with van der Waals surface area (Å²) in [6.45, 7) is 6.08. The van der Waals surface area contributed by atoms with Gasteiger partial charge in [-0.3, -0.25) is 4.79 Å². The van der Waals surface area contributed by atoms with Gasteiger partial charge in [0.05, 0.1) is 17.6 Å². The average molecular weight is 342 g/mol. The zero-order chi connectivity index (χ0) is 17.1. The number of ketones is 1. The number of carbonyl (C=O) groups excluding carboxylic acids is 1. The quantitative estimate of drug-likeness (QED) is 0.476. The standard InChI is InChI=1S/C18H18N2O3S/c1-11(2)13-4-6-14(7-5-13)16(21)10-24-18-20-19-17(23-18)15-8-9-22-12(15)3/h4-9,11H,10H2,1-3H3. The SMILES string of the molecule is Cc1occc1-c1nnc(SCC(=O)c2ccc(C(C)C)cc2)o1. The second-order valence-electron chi connectivity index (χ2n) is 5.75. The molecule has 0 unspecified atom stereocenters. The molecule has 0 bridgehead atoms. The van der Waals surface area contributed by atoms with E-state index in [1.807, 2.05) is 31.2 Å². The summed E-state index contributed by atoms with van der Waals surface area (Å²) in [5, 5.41) is 8.33. The van der Waals surface area contributed by atoms with Crippen molar-refractivity contribution in [1.82, 2.24) is 10.2 Å². The number of hydrogen-bond acceptors (Lipinski definition) is 6. The molecule has 6 heteroatoms. The molecule has 0 aliphatic carbocycles. The number of hydrogen-bond donors (Lipinski definition) is 0. The minimum atomic E-state index is 0.0366. The third-order valence-corrected chi connectivity index (χ3v) is 4.54. The van der Waals surface area contributed by atoms with E-state index in [1.165, 1.54) is 17.3 Å². The highest BCUT2D eigenvalue weighted by atomic mass is 32.2. The molecule has 0 atom stereocenters. The molecule has 0 fully saturated rings. The summed E-state index contributed by atoms with van der Waals surface area (Å²) in [4.78, 5) is 12.3. The fraction of sp³-hybridized carbons (Fsp3) is 0.278. The predicted molar refractivity (Wildman–Crippen MR) is 92.3 cm³/mol. The number of nitrogens with zero attached hydrogens (tertiary/aromatic N) is 2. The monoisotopic (exact) mass is 342 g/mol. The first-order valence-electron chi connectivity index (χ1n) is 7.68. The van der Waals surface area contributed by atoms with Crippen LogP contribution >= 0.6 is 11.8 Å². The van der Waals surface area contributed by atoms with E-state index in [0.29, 0.717) is 22.6 Å². The molecular formula is C18H18N2O3S. The van der Waals surface area contributed by atoms with E-state index in [2.05, 4.69) is 24.0 Å². The molecule has 5 nitrogen and oxygen atoms in total. The van der Waals surface area contributed by atoms with Crippen LogP contribution in [-0.2, 0) is 0 Å². The van der Waals surface area contributed by atoms with E-state index in [9.17, 15) is 4.79 Å². The lowest BCUT2D eigenvalue weighted by atomic mass is 10.0. The zero-order valence-electron chi connectivity index (χ0n) is 13.8. The molecule has 2 heterocycles. The molecule has 2 aromatic heterocycles. The van der Waals surface area contributed by atoms with Crippen LogP contribution in [0.15, 0.2) is 50.7 Å². The first-order chi connectivity index (χ1) is 11.5. The van der Waals surface area contributed by atoms with Gasteiger partial charge in [0.2, 0.25) is 0 Å². The molecule has 0 amide bonds. The third kappa shape index (κ3) is 3.59. The molecule has 0 aliphatic heterocycles. The number of benzene rings is 1. The van der Waals surface area contributed by atoms with Crippen LogP contribution < -0.4 is 0 Å². The lowest BCUT2D eigenvalue weighted by molar-refractivity contribution is 0.102. The summed E-state index contributed by atoms with van der Waals surface area (Å²) < 4.78 is 10.8. The topological polar surface area (TPSA) is 69.1 Å². The summed E-state index contributed by atoms with van der Waals surface area (Å²) in [7, 11) is 0. The lowest BCUT2D eigenvalue weighted by Gasteiger charge is -2.05. The maximum atomic E-state index is 12.3. The van der Waals surface area contributed by atoms with Gasteiger partial charge in [0, 0.05) is 5.56 Å². The van der Waals surface area contributed by atoms with Gasteiger partial charge in [-0.25, -0.2) is 0 Å². The summed E-state index contributed by atoms with van der Waals surface area (Å²) in [6, 6.07) is 9.50. The Balaban J connectivity index is 1.62. The first kappa shape index (κ1) is 16.5. The Hall–Kier alpha value is -2.34. The van der Waals surface area contributed by atoms with Gasteiger partial charge < -0.3 is 8.83 Å². The Morgan fingerprint density at radius 1 is 1.17 bits per heavy atom. The Labute approximate surface area is 144 Å². The Bertz CT molecular complexity index is 834. The Morgan fingerprint density at radius 3 is 2.54 bits per heavy atom. The van der Waals surface area contributed by atoms with E-state index in [-0.39, 0.29) is 11.5 Å². The maximum absolute atomic E-state index is 12.3. The highest BCUT2D eigenvalue weighted by Crippen LogP contribution is 2.26. The van der Waals surface area contributed by atoms with Crippen LogP contribution in [0, 0.1) is 6.92 Å². The minimum absolute atomic E-state index is 0.0366. The number of aromatic nitrogens is 2. The van der Waals surface area contributed by atoms with Crippen LogP contribution in [0.5, 0.6) is 0 Å². The molecule has 3 rings (SSSR count). The fourth-order valence-electron chi connectivity index (χ4n) is 2.25. The second-order valence-corrected chi connectivity index (χ2v) is 6.68. The van der Waals surface area contributed by atoms with E-state index in [1.54, 1.807) is 12.3 Å². The van der Waals surface area contributed by atoms with Crippen LogP contribution in [-0.4, -0.2) is 21.7 Å². The maximum Gasteiger partial charge on any atom is 0.277 e. The molecule has 124 valence electrons. The number of thioether (sulfide) groups is 1. The van der Waals surface area contributed by atoms with Gasteiger partial charge in [-0.1, -0.05) is 49.9 Å². The summed E-state index contributed by atoms with van der Waals surface area (Å²) in [6.07, 6.45) is 1.58. The molecule has 0 spiro atoms. The van der Waals surface area contributed by atoms with Crippen molar-refractivity contribution in [2.45, 2.75) is 31.9 Å². The van der Waals surface area contributed by atoms with Gasteiger partial charge in [0.1, 0.15) is 5.76 Å². The highest BCUT2D eigenvalue weighted by molar-refractivity contribution is 7.99. The van der Waals surface area contributed by atoms with Gasteiger partial charge >= 0.3 is 0 Å². The van der Waals surface area contributed by atoms with Gasteiger partial charge in [-0.2, -0.15) is 0 Å². The zero-order valence-corrected chi connectivity index (χ0v) is 14.6. The molecule has 3 aromatic rings. The van der Waals surface area contributed by atoms with E-state index >= 15 is 0 Å². The molecule has 0 saturated heterocycles. The van der Waals surface area contributed by atoms with E-state index < -0.39 is 0 Å². The molecule has 0 N–H and O–H groups in total. The van der Waals surface area contributed by atoms with Gasteiger partial charge in [0.15, 0.2) is 5.78 Å². The summed E-state index contributed by atoms with van der Waals surface area (Å²) in [5.41, 5.74) is 2.68. The largest absolute Gasteiger partial charge is 0.469 e. The summed E-state index contributed by atoms with van der Waals surface area (Å²) in [5.74, 6) is 1.86. The molecule has 24 heavy (non-hydrogen) atoms. The third-order valence-electron chi connectivity index (χ3n) is 3.72. The second kappa shape index (κ2) is 7.05. The lowest BCUT2D eigenvalue weighted by Crippen LogP contribution is -2.02. The number of aryl methyl sites for hydroxylation is 1. The number of rotatable bonds is 6. The van der Waals surface area contributed by atoms with Crippen LogP contribution in [0.2, 0.25) is 0 Å². The van der Waals surface area contributed by atoms with Crippen LogP contribution in [0.25, 0.3) is 11.5 Å². The van der Waals surface area contributed by atoms with Crippen molar-refractivity contribution in [2.75, 3.05) is 5.75 Å². The number of carbonyl (C=O) groups is 1.